The first-order valence-electron chi connectivity index (χ1n) is 19.2. The predicted molar refractivity (Wildman–Crippen MR) is 222 cm³/mol. The van der Waals surface area contributed by atoms with Gasteiger partial charge in [0.2, 0.25) is 0 Å². The molecule has 0 N–H and O–H groups in total. The van der Waals surface area contributed by atoms with Crippen LogP contribution in [0.3, 0.4) is 0 Å². The van der Waals surface area contributed by atoms with Gasteiger partial charge in [-0.2, -0.15) is 5.10 Å². The highest BCUT2D eigenvalue weighted by atomic mass is 16.5. The van der Waals surface area contributed by atoms with Crippen molar-refractivity contribution in [3.05, 3.63) is 130 Å². The van der Waals surface area contributed by atoms with Crippen LogP contribution in [-0.2, 0) is 18.3 Å². The number of rotatable bonds is 9. The van der Waals surface area contributed by atoms with E-state index in [4.69, 9.17) is 14.8 Å². The number of fused-ring (bicyclic) bond motifs is 3. The van der Waals surface area contributed by atoms with Crippen LogP contribution in [0.25, 0.3) is 44.4 Å². The number of aryl methyl sites for hydroxylation is 4. The molecule has 0 aliphatic carbocycles. The second-order valence-electron chi connectivity index (χ2n) is 16.9. The third-order valence-corrected chi connectivity index (χ3v) is 10.3. The number of para-hydroxylation sites is 1. The van der Waals surface area contributed by atoms with Crippen LogP contribution in [0.5, 0.6) is 11.5 Å². The summed E-state index contributed by atoms with van der Waals surface area (Å²) >= 11 is 0. The molecule has 0 aliphatic rings. The number of pyridine rings is 1. The van der Waals surface area contributed by atoms with Gasteiger partial charge in [0.1, 0.15) is 17.3 Å². The third kappa shape index (κ3) is 7.14. The molecule has 53 heavy (non-hydrogen) atoms. The lowest BCUT2D eigenvalue weighted by molar-refractivity contribution is 0.478. The van der Waals surface area contributed by atoms with Crippen LogP contribution in [0, 0.1) is 39.5 Å². The number of aromatic nitrogens is 4. The summed E-state index contributed by atoms with van der Waals surface area (Å²) in [4.78, 5) is 4.87. The second kappa shape index (κ2) is 14.0. The third-order valence-electron chi connectivity index (χ3n) is 10.3. The van der Waals surface area contributed by atoms with Crippen molar-refractivity contribution in [3.8, 4) is 34.1 Å². The van der Waals surface area contributed by atoms with E-state index in [1.165, 1.54) is 55.4 Å². The molecule has 0 atom stereocenters. The van der Waals surface area contributed by atoms with Gasteiger partial charge in [-0.15, -0.1) is 0 Å². The van der Waals surface area contributed by atoms with Gasteiger partial charge in [-0.25, -0.2) is 9.67 Å². The highest BCUT2D eigenvalue weighted by molar-refractivity contribution is 6.09. The Hall–Kier alpha value is -5.16. The summed E-state index contributed by atoms with van der Waals surface area (Å²) in [7, 11) is 0. The smallest absolute Gasteiger partial charge is 0.137 e. The Labute approximate surface area is 315 Å². The van der Waals surface area contributed by atoms with E-state index in [9.17, 15) is 0 Å². The molecule has 0 aliphatic heterocycles. The summed E-state index contributed by atoms with van der Waals surface area (Å²) < 4.78 is 11.3. The van der Waals surface area contributed by atoms with Crippen molar-refractivity contribution in [3.63, 3.8) is 0 Å². The maximum absolute atomic E-state index is 6.87. The quantitative estimate of drug-likeness (QED) is 0.150. The van der Waals surface area contributed by atoms with Crippen LogP contribution >= 0.6 is 0 Å². The summed E-state index contributed by atoms with van der Waals surface area (Å²) in [5.41, 5.74) is 14.3. The van der Waals surface area contributed by atoms with Crippen molar-refractivity contribution in [2.24, 2.45) is 11.8 Å². The maximum atomic E-state index is 6.87. The zero-order valence-electron chi connectivity index (χ0n) is 33.4. The Morgan fingerprint density at radius 2 is 1.38 bits per heavy atom. The fourth-order valence-electron chi connectivity index (χ4n) is 8.04. The average Bonchev–Trinajstić information content (AvgIpc) is 3.57. The lowest BCUT2D eigenvalue weighted by Crippen LogP contribution is -2.13. The topological polar surface area (TPSA) is 44.9 Å². The molecular formula is C48H54N4O. The van der Waals surface area contributed by atoms with E-state index in [1.807, 2.05) is 6.20 Å². The minimum absolute atomic E-state index is 0.107. The standard InChI is InChI=1S/C48H54N4O/c1-29(2)20-35-18-19-49-45(24-35)51-42-15-13-12-14-40(42)41-17-16-38(28-43(41)51)53-39-26-36(48(9,10)11)25-37(27-39)52-44(21-30(3)4)47(34(8)50-52)46-32(6)22-31(5)23-33(46)7/h12-19,22-30H,20-21H2,1-11H3. The van der Waals surface area contributed by atoms with Gasteiger partial charge in [0, 0.05) is 34.7 Å². The molecule has 3 aromatic heterocycles. The van der Waals surface area contributed by atoms with Gasteiger partial charge in [0.05, 0.1) is 28.1 Å². The number of benzene rings is 4. The van der Waals surface area contributed by atoms with Gasteiger partial charge >= 0.3 is 0 Å². The fraction of sp³-hybridized carbons (Fsp3) is 0.333. The molecule has 4 aromatic carbocycles. The lowest BCUT2D eigenvalue weighted by atomic mass is 9.86. The molecule has 0 amide bonds. The normalized spacial score (nSPS) is 12.2. The molecule has 272 valence electrons. The Kier molecular flexibility index (Phi) is 9.57. The van der Waals surface area contributed by atoms with Crippen molar-refractivity contribution in [2.75, 3.05) is 0 Å². The van der Waals surface area contributed by atoms with E-state index in [0.29, 0.717) is 11.8 Å². The average molecular weight is 703 g/mol. The summed E-state index contributed by atoms with van der Waals surface area (Å²) in [6.45, 7) is 24.7. The highest BCUT2D eigenvalue weighted by Gasteiger charge is 2.24. The molecule has 0 fully saturated rings. The van der Waals surface area contributed by atoms with Gasteiger partial charge in [-0.1, -0.05) is 84.4 Å². The van der Waals surface area contributed by atoms with Gasteiger partial charge in [0.25, 0.3) is 0 Å². The first-order valence-corrected chi connectivity index (χ1v) is 19.2. The van der Waals surface area contributed by atoms with Crippen LogP contribution in [-0.4, -0.2) is 19.3 Å². The van der Waals surface area contributed by atoms with Crippen LogP contribution in [0.4, 0.5) is 0 Å². The molecule has 0 unspecified atom stereocenters. The Morgan fingerprint density at radius 1 is 0.679 bits per heavy atom. The number of nitrogens with zero attached hydrogens (tertiary/aromatic N) is 4. The highest BCUT2D eigenvalue weighted by Crippen LogP contribution is 2.39. The molecule has 0 radical (unpaired) electrons. The molecular weight excluding hydrogens is 649 g/mol. The largest absolute Gasteiger partial charge is 0.457 e. The van der Waals surface area contributed by atoms with E-state index in [1.54, 1.807) is 0 Å². The van der Waals surface area contributed by atoms with Gasteiger partial charge in [0.15, 0.2) is 0 Å². The molecule has 3 heterocycles. The van der Waals surface area contributed by atoms with Gasteiger partial charge < -0.3 is 4.74 Å². The first kappa shape index (κ1) is 36.2. The molecule has 5 heteroatoms. The predicted octanol–water partition coefficient (Wildman–Crippen LogP) is 12.8. The summed E-state index contributed by atoms with van der Waals surface area (Å²) in [5.74, 6) is 3.51. The maximum Gasteiger partial charge on any atom is 0.137 e. The van der Waals surface area contributed by atoms with Gasteiger partial charge in [-0.3, -0.25) is 4.57 Å². The van der Waals surface area contributed by atoms with Crippen molar-refractivity contribution in [1.82, 2.24) is 19.3 Å². The minimum Gasteiger partial charge on any atom is -0.457 e. The molecule has 0 saturated carbocycles. The zero-order valence-corrected chi connectivity index (χ0v) is 33.4. The van der Waals surface area contributed by atoms with Crippen LogP contribution < -0.4 is 4.74 Å². The number of ether oxygens (including phenoxy) is 1. The van der Waals surface area contributed by atoms with E-state index < -0.39 is 0 Å². The SMILES string of the molecule is Cc1cc(C)c(-c2c(C)nn(-c3cc(Oc4ccc5c6ccccc6n(-c6cc(CC(C)C)ccn6)c5c4)cc(C(C)(C)C)c3)c2CC(C)C)c(C)c1. The summed E-state index contributed by atoms with van der Waals surface area (Å²) in [6, 6.07) is 30.6. The van der Waals surface area contributed by atoms with Crippen LogP contribution in [0.1, 0.15) is 87.7 Å². The second-order valence-corrected chi connectivity index (χ2v) is 16.9. The molecule has 0 spiro atoms. The fourth-order valence-corrected chi connectivity index (χ4v) is 8.04. The van der Waals surface area contributed by atoms with E-state index in [-0.39, 0.29) is 5.41 Å². The Bertz CT molecular complexity index is 2450. The zero-order chi connectivity index (χ0) is 37.8. The van der Waals surface area contributed by atoms with E-state index >= 15 is 0 Å². The minimum atomic E-state index is -0.107. The molecule has 7 aromatic rings. The van der Waals surface area contributed by atoms with Crippen molar-refractivity contribution in [1.29, 1.82) is 0 Å². The Morgan fingerprint density at radius 3 is 2.08 bits per heavy atom. The van der Waals surface area contributed by atoms with E-state index in [2.05, 4.69) is 170 Å². The van der Waals surface area contributed by atoms with Crippen LogP contribution in [0.15, 0.2) is 91.1 Å². The monoisotopic (exact) mass is 702 g/mol. The summed E-state index contributed by atoms with van der Waals surface area (Å²) in [6.07, 6.45) is 3.85. The number of hydrogen-bond donors (Lipinski definition) is 0. The van der Waals surface area contributed by atoms with Crippen molar-refractivity contribution in [2.45, 2.75) is 94.4 Å². The van der Waals surface area contributed by atoms with Gasteiger partial charge in [-0.05, 0) is 128 Å². The van der Waals surface area contributed by atoms with Crippen LogP contribution in [0.2, 0.25) is 0 Å². The summed E-state index contributed by atoms with van der Waals surface area (Å²) in [5, 5.41) is 7.64. The molecule has 5 nitrogen and oxygen atoms in total. The number of hydrogen-bond acceptors (Lipinski definition) is 3. The molecule has 0 bridgehead atoms. The Balaban J connectivity index is 1.37. The molecule has 0 saturated heterocycles. The molecule has 7 rings (SSSR count). The van der Waals surface area contributed by atoms with E-state index in [0.717, 1.165) is 52.6 Å². The lowest BCUT2D eigenvalue weighted by Gasteiger charge is -2.22. The van der Waals surface area contributed by atoms with Crippen molar-refractivity contribution >= 4 is 21.8 Å². The first-order chi connectivity index (χ1) is 25.2. The van der Waals surface area contributed by atoms with Crippen molar-refractivity contribution < 1.29 is 4.74 Å².